The fraction of sp³-hybridized carbons (Fsp3) is 0.154. The quantitative estimate of drug-likeness (QED) is 0.931. The highest BCUT2D eigenvalue weighted by Crippen LogP contribution is 2.44. The number of methoxy groups -OCH3 is 2. The molecule has 100 valence electrons. The zero-order chi connectivity index (χ0) is 14.0. The van der Waals surface area contributed by atoms with E-state index >= 15 is 0 Å². The minimum atomic E-state index is -1.10. The van der Waals surface area contributed by atoms with Crippen molar-refractivity contribution in [2.75, 3.05) is 14.2 Å². The van der Waals surface area contributed by atoms with E-state index in [1.54, 1.807) is 12.1 Å². The van der Waals surface area contributed by atoms with E-state index in [2.05, 4.69) is 0 Å². The van der Waals surface area contributed by atoms with Gasteiger partial charge in [-0.05, 0) is 12.1 Å². The van der Waals surface area contributed by atoms with Crippen LogP contribution in [0.25, 0.3) is 11.1 Å². The topological polar surface area (TPSA) is 68.9 Å². The molecule has 0 aliphatic heterocycles. The molecule has 0 atom stereocenters. The van der Waals surface area contributed by atoms with Gasteiger partial charge in [0.2, 0.25) is 0 Å². The molecule has 0 fully saturated rings. The molecule has 1 aromatic heterocycles. The third-order valence-electron chi connectivity index (χ3n) is 2.66. The van der Waals surface area contributed by atoms with E-state index < -0.39 is 5.97 Å². The average molecular weight is 283 g/mol. The first kappa shape index (κ1) is 13.3. The molecule has 0 bridgehead atoms. The Kier molecular flexibility index (Phi) is 3.66. The maximum atomic E-state index is 11.2. The first-order chi connectivity index (χ1) is 9.10. The van der Waals surface area contributed by atoms with E-state index in [-0.39, 0.29) is 5.56 Å². The van der Waals surface area contributed by atoms with Gasteiger partial charge >= 0.3 is 5.97 Å². The molecule has 2 aromatic rings. The van der Waals surface area contributed by atoms with Crippen molar-refractivity contribution >= 4 is 17.6 Å². The van der Waals surface area contributed by atoms with Gasteiger partial charge in [0.1, 0.15) is 23.3 Å². The van der Waals surface area contributed by atoms with Gasteiger partial charge < -0.3 is 19.0 Å². The lowest BCUT2D eigenvalue weighted by atomic mass is 10.0. The van der Waals surface area contributed by atoms with Crippen LogP contribution in [0.2, 0.25) is 5.02 Å². The van der Waals surface area contributed by atoms with E-state index in [1.807, 2.05) is 0 Å². The van der Waals surface area contributed by atoms with Crippen LogP contribution in [0.3, 0.4) is 0 Å². The van der Waals surface area contributed by atoms with Gasteiger partial charge in [0.25, 0.3) is 0 Å². The van der Waals surface area contributed by atoms with Crippen LogP contribution in [-0.4, -0.2) is 25.3 Å². The number of carboxylic acids is 1. The van der Waals surface area contributed by atoms with Crippen molar-refractivity contribution < 1.29 is 23.8 Å². The van der Waals surface area contributed by atoms with Gasteiger partial charge in [-0.25, -0.2) is 4.79 Å². The van der Waals surface area contributed by atoms with Gasteiger partial charge in [-0.15, -0.1) is 0 Å². The lowest BCUT2D eigenvalue weighted by molar-refractivity contribution is 0.0697. The first-order valence-corrected chi connectivity index (χ1v) is 5.68. The molecule has 0 aliphatic carbocycles. The molecule has 0 unspecified atom stereocenters. The number of benzene rings is 1. The van der Waals surface area contributed by atoms with Crippen molar-refractivity contribution in [2.24, 2.45) is 0 Å². The summed E-state index contributed by atoms with van der Waals surface area (Å²) in [6, 6.07) is 3.25. The van der Waals surface area contributed by atoms with E-state index in [9.17, 15) is 4.79 Å². The van der Waals surface area contributed by atoms with Crippen molar-refractivity contribution in [3.8, 4) is 22.6 Å². The molecular weight excluding hydrogens is 272 g/mol. The maximum absolute atomic E-state index is 11.2. The van der Waals surface area contributed by atoms with Crippen LogP contribution < -0.4 is 9.47 Å². The Labute approximate surface area is 114 Å². The fourth-order valence-corrected chi connectivity index (χ4v) is 2.05. The van der Waals surface area contributed by atoms with E-state index in [0.717, 1.165) is 6.26 Å². The number of carbonyl (C=O) groups is 1. The highest BCUT2D eigenvalue weighted by atomic mass is 35.5. The van der Waals surface area contributed by atoms with Crippen LogP contribution in [0.5, 0.6) is 11.5 Å². The minimum Gasteiger partial charge on any atom is -0.496 e. The first-order valence-electron chi connectivity index (χ1n) is 5.30. The molecule has 0 saturated heterocycles. The predicted octanol–water partition coefficient (Wildman–Crippen LogP) is 3.32. The molecule has 0 amide bonds. The summed E-state index contributed by atoms with van der Waals surface area (Å²) in [6.07, 6.45) is 2.47. The van der Waals surface area contributed by atoms with E-state index in [4.69, 9.17) is 30.6 Å². The summed E-state index contributed by atoms with van der Waals surface area (Å²) >= 11 is 6.05. The lowest BCUT2D eigenvalue weighted by Crippen LogP contribution is -1.99. The highest BCUT2D eigenvalue weighted by Gasteiger charge is 2.23. The molecule has 2 rings (SSSR count). The summed E-state index contributed by atoms with van der Waals surface area (Å²) < 4.78 is 15.4. The largest absolute Gasteiger partial charge is 0.496 e. The summed E-state index contributed by atoms with van der Waals surface area (Å²) in [4.78, 5) is 11.2. The van der Waals surface area contributed by atoms with Gasteiger partial charge in [0.05, 0.1) is 31.1 Å². The molecule has 1 heterocycles. The number of rotatable bonds is 4. The molecule has 0 radical (unpaired) electrons. The van der Waals surface area contributed by atoms with Crippen molar-refractivity contribution in [1.82, 2.24) is 0 Å². The molecular formula is C13H11ClO5. The third kappa shape index (κ3) is 2.24. The van der Waals surface area contributed by atoms with Crippen LogP contribution in [0, 0.1) is 0 Å². The van der Waals surface area contributed by atoms with Gasteiger partial charge in [0, 0.05) is 5.56 Å². The number of aromatic carboxylic acids is 1. The number of halogens is 1. The summed E-state index contributed by atoms with van der Waals surface area (Å²) in [5.41, 5.74) is 0.811. The minimum absolute atomic E-state index is 0.0128. The second kappa shape index (κ2) is 5.24. The zero-order valence-corrected chi connectivity index (χ0v) is 11.0. The number of hydrogen-bond donors (Lipinski definition) is 1. The van der Waals surface area contributed by atoms with Crippen molar-refractivity contribution in [3.05, 3.63) is 35.2 Å². The second-order valence-electron chi connectivity index (χ2n) is 3.66. The molecule has 1 N–H and O–H groups in total. The Morgan fingerprint density at radius 3 is 2.58 bits per heavy atom. The van der Waals surface area contributed by atoms with Crippen molar-refractivity contribution in [1.29, 1.82) is 0 Å². The summed E-state index contributed by atoms with van der Waals surface area (Å²) in [5.74, 6) is -0.317. The van der Waals surface area contributed by atoms with E-state index in [1.165, 1.54) is 20.5 Å². The number of furan rings is 1. The molecule has 1 aromatic carbocycles. The average Bonchev–Trinajstić information content (AvgIpc) is 2.87. The molecule has 5 nitrogen and oxygen atoms in total. The number of carboxylic acid groups (broad SMARTS) is 1. The van der Waals surface area contributed by atoms with Crippen LogP contribution in [0.4, 0.5) is 0 Å². The standard InChI is InChI=1S/C13H11ClO5/c1-17-10-4-3-9(14)12(18-2)11(10)7-5-19-6-8(7)13(15)16/h3-6H,1-2H3,(H,15,16). The molecule has 0 aliphatic rings. The smallest absolute Gasteiger partial charge is 0.339 e. The van der Waals surface area contributed by atoms with Crippen LogP contribution in [0.15, 0.2) is 29.1 Å². The lowest BCUT2D eigenvalue weighted by Gasteiger charge is -2.13. The third-order valence-corrected chi connectivity index (χ3v) is 2.95. The van der Waals surface area contributed by atoms with Crippen LogP contribution in [0.1, 0.15) is 10.4 Å². The molecule has 19 heavy (non-hydrogen) atoms. The predicted molar refractivity (Wildman–Crippen MR) is 69.2 cm³/mol. The van der Waals surface area contributed by atoms with Crippen LogP contribution in [-0.2, 0) is 0 Å². The van der Waals surface area contributed by atoms with Crippen LogP contribution >= 0.6 is 11.6 Å². The summed E-state index contributed by atoms with van der Waals surface area (Å²) in [7, 11) is 2.93. The summed E-state index contributed by atoms with van der Waals surface area (Å²) in [5, 5.41) is 9.49. The van der Waals surface area contributed by atoms with Gasteiger partial charge in [-0.2, -0.15) is 0 Å². The monoisotopic (exact) mass is 282 g/mol. The number of ether oxygens (including phenoxy) is 2. The van der Waals surface area contributed by atoms with Crippen molar-refractivity contribution in [2.45, 2.75) is 0 Å². The zero-order valence-electron chi connectivity index (χ0n) is 10.3. The van der Waals surface area contributed by atoms with Gasteiger partial charge in [0.15, 0.2) is 0 Å². The molecule has 0 spiro atoms. The fourth-order valence-electron chi connectivity index (χ4n) is 1.82. The Morgan fingerprint density at radius 2 is 2.00 bits per heavy atom. The Balaban J connectivity index is 2.76. The Hall–Kier alpha value is -2.14. The van der Waals surface area contributed by atoms with Crippen molar-refractivity contribution in [3.63, 3.8) is 0 Å². The van der Waals surface area contributed by atoms with Gasteiger partial charge in [-0.1, -0.05) is 11.6 Å². The maximum Gasteiger partial charge on any atom is 0.339 e. The number of hydrogen-bond acceptors (Lipinski definition) is 4. The highest BCUT2D eigenvalue weighted by molar-refractivity contribution is 6.32. The Bertz CT molecular complexity index is 617. The van der Waals surface area contributed by atoms with Gasteiger partial charge in [-0.3, -0.25) is 0 Å². The van der Waals surface area contributed by atoms with E-state index in [0.29, 0.717) is 27.6 Å². The normalized spacial score (nSPS) is 10.3. The molecule has 0 saturated carbocycles. The SMILES string of the molecule is COc1ccc(Cl)c(OC)c1-c1cocc1C(=O)O. The summed E-state index contributed by atoms with van der Waals surface area (Å²) in [6.45, 7) is 0. The molecule has 6 heteroatoms. The Morgan fingerprint density at radius 1 is 1.26 bits per heavy atom. The second-order valence-corrected chi connectivity index (χ2v) is 4.07.